The monoisotopic (exact) mass is 540 g/mol. The number of rotatable bonds is 22. The molecule has 0 unspecified atom stereocenters. The summed E-state index contributed by atoms with van der Waals surface area (Å²) >= 11 is 0. The Labute approximate surface area is 221 Å². The van der Waals surface area contributed by atoms with E-state index in [0.717, 1.165) is 13.0 Å². The molecule has 0 fully saturated rings. The Bertz CT molecular complexity index is 540. The van der Waals surface area contributed by atoms with Crippen molar-refractivity contribution in [3.05, 3.63) is 0 Å². The van der Waals surface area contributed by atoms with Crippen molar-refractivity contribution in [2.24, 2.45) is 0 Å². The maximum Gasteiger partial charge on any atom is 0.469 e. The molecule has 0 saturated carbocycles. The van der Waals surface area contributed by atoms with Gasteiger partial charge in [-0.15, -0.1) is 0 Å². The number of amides is 2. The number of aliphatic hydroxyl groups excluding tert-OH is 1. The van der Waals surface area contributed by atoms with Crippen LogP contribution in [0.25, 0.3) is 0 Å². The average molecular weight is 541 g/mol. The number of hydrogen-bond acceptors (Lipinski definition) is 4. The van der Waals surface area contributed by atoms with Gasteiger partial charge < -0.3 is 29.6 Å². The SMILES string of the molecule is CCCCCCCCCCCCCCCCN(CCO)C(=O)NCC.C[N+](C)(C)CCOP(=O)(O)O. The van der Waals surface area contributed by atoms with E-state index in [4.69, 9.17) is 14.9 Å². The zero-order chi connectivity index (χ0) is 27.7. The van der Waals surface area contributed by atoms with Crippen LogP contribution in [0.4, 0.5) is 4.79 Å². The molecule has 0 aromatic heterocycles. The van der Waals surface area contributed by atoms with Crippen LogP contribution in [0.1, 0.15) is 104 Å². The number of aliphatic hydroxyl groups is 1. The predicted octanol–water partition coefficient (Wildman–Crippen LogP) is 5.29. The van der Waals surface area contributed by atoms with E-state index in [0.29, 0.717) is 24.1 Å². The Hall–Kier alpha value is -0.700. The minimum absolute atomic E-state index is 0.0374. The number of nitrogens with one attached hydrogen (secondary N) is 1. The fourth-order valence-electron chi connectivity index (χ4n) is 3.63. The van der Waals surface area contributed by atoms with Gasteiger partial charge in [0.05, 0.1) is 27.7 Å². The first-order valence-electron chi connectivity index (χ1n) is 14.1. The maximum atomic E-state index is 11.8. The number of likely N-dealkylation sites (N-methyl/N-ethyl adjacent to an activating group) is 1. The minimum Gasteiger partial charge on any atom is -0.395 e. The van der Waals surface area contributed by atoms with Crippen LogP contribution in [-0.2, 0) is 9.09 Å². The molecule has 0 saturated heterocycles. The number of urea groups is 1. The van der Waals surface area contributed by atoms with E-state index in [1.165, 1.54) is 83.5 Å². The van der Waals surface area contributed by atoms with E-state index in [1.54, 1.807) is 4.90 Å². The highest BCUT2D eigenvalue weighted by Gasteiger charge is 2.16. The van der Waals surface area contributed by atoms with Crippen molar-refractivity contribution in [3.63, 3.8) is 0 Å². The number of carbonyl (C=O) groups is 1. The van der Waals surface area contributed by atoms with Gasteiger partial charge in [-0.2, -0.15) is 0 Å². The van der Waals surface area contributed by atoms with Crippen LogP contribution < -0.4 is 5.32 Å². The van der Waals surface area contributed by atoms with E-state index in [2.05, 4.69) is 16.8 Å². The molecule has 2 amide bonds. The summed E-state index contributed by atoms with van der Waals surface area (Å²) in [5.41, 5.74) is 0. The zero-order valence-corrected chi connectivity index (χ0v) is 24.9. The van der Waals surface area contributed by atoms with E-state index in [1.807, 2.05) is 28.1 Å². The lowest BCUT2D eigenvalue weighted by Crippen LogP contribution is -2.41. The van der Waals surface area contributed by atoms with Crippen LogP contribution >= 0.6 is 7.82 Å². The van der Waals surface area contributed by atoms with Gasteiger partial charge in [0.2, 0.25) is 0 Å². The van der Waals surface area contributed by atoms with E-state index in [9.17, 15) is 9.36 Å². The van der Waals surface area contributed by atoms with Crippen molar-refractivity contribution in [2.75, 3.05) is 60.5 Å². The van der Waals surface area contributed by atoms with Gasteiger partial charge in [-0.05, 0) is 13.3 Å². The van der Waals surface area contributed by atoms with Gasteiger partial charge in [0.1, 0.15) is 13.2 Å². The second-order valence-electron chi connectivity index (χ2n) is 10.5. The summed E-state index contributed by atoms with van der Waals surface area (Å²) in [7, 11) is 1.50. The highest BCUT2D eigenvalue weighted by Crippen LogP contribution is 2.35. The first-order valence-corrected chi connectivity index (χ1v) is 15.6. The van der Waals surface area contributed by atoms with Crippen molar-refractivity contribution >= 4 is 13.9 Å². The van der Waals surface area contributed by atoms with Gasteiger partial charge in [0.25, 0.3) is 0 Å². The summed E-state index contributed by atoms with van der Waals surface area (Å²) in [6.45, 7) is 6.71. The highest BCUT2D eigenvalue weighted by atomic mass is 31.2. The Morgan fingerprint density at radius 3 is 1.61 bits per heavy atom. The number of nitrogens with zero attached hydrogens (tertiary/aromatic N) is 2. The Balaban J connectivity index is 0. The van der Waals surface area contributed by atoms with Crippen molar-refractivity contribution < 1.29 is 33.3 Å². The normalized spacial score (nSPS) is 11.7. The van der Waals surface area contributed by atoms with Gasteiger partial charge in [0.15, 0.2) is 0 Å². The van der Waals surface area contributed by atoms with Gasteiger partial charge in [-0.3, -0.25) is 4.52 Å². The molecule has 0 atom stereocenters. The summed E-state index contributed by atoms with van der Waals surface area (Å²) < 4.78 is 15.1. The van der Waals surface area contributed by atoms with Crippen LogP contribution in [0.2, 0.25) is 0 Å². The van der Waals surface area contributed by atoms with Crippen LogP contribution in [0, 0.1) is 0 Å². The lowest BCUT2D eigenvalue weighted by molar-refractivity contribution is -0.870. The zero-order valence-electron chi connectivity index (χ0n) is 24.1. The fourth-order valence-corrected chi connectivity index (χ4v) is 3.95. The van der Waals surface area contributed by atoms with Gasteiger partial charge >= 0.3 is 13.9 Å². The van der Waals surface area contributed by atoms with Crippen molar-refractivity contribution in [1.82, 2.24) is 10.2 Å². The first-order chi connectivity index (χ1) is 17.0. The first kappa shape index (κ1) is 37.5. The molecule has 0 radical (unpaired) electrons. The second-order valence-corrected chi connectivity index (χ2v) is 11.7. The summed E-state index contributed by atoms with van der Waals surface area (Å²) in [6, 6.07) is -0.0498. The number of quaternary nitrogens is 1. The molecular weight excluding hydrogens is 481 g/mol. The molecule has 0 heterocycles. The van der Waals surface area contributed by atoms with E-state index in [-0.39, 0.29) is 19.2 Å². The smallest absolute Gasteiger partial charge is 0.395 e. The average Bonchev–Trinajstić information content (AvgIpc) is 2.77. The topological polar surface area (TPSA) is 119 Å². The molecule has 0 aliphatic heterocycles. The van der Waals surface area contributed by atoms with E-state index >= 15 is 0 Å². The molecule has 0 rings (SSSR count). The number of phosphoric ester groups is 1. The van der Waals surface area contributed by atoms with Crippen LogP contribution in [0.15, 0.2) is 0 Å². The van der Waals surface area contributed by atoms with Gasteiger partial charge in [0, 0.05) is 19.6 Å². The molecule has 9 nitrogen and oxygen atoms in total. The molecule has 10 heteroatoms. The van der Waals surface area contributed by atoms with Gasteiger partial charge in [-0.25, -0.2) is 9.36 Å². The molecule has 36 heavy (non-hydrogen) atoms. The largest absolute Gasteiger partial charge is 0.469 e. The minimum atomic E-state index is -4.26. The van der Waals surface area contributed by atoms with Crippen molar-refractivity contribution in [2.45, 2.75) is 104 Å². The summed E-state index contributed by atoms with van der Waals surface area (Å²) in [5, 5.41) is 11.9. The molecular formula is C26H59N3O6P+. The second kappa shape index (κ2) is 24.6. The Morgan fingerprint density at radius 1 is 0.806 bits per heavy atom. The summed E-state index contributed by atoms with van der Waals surface area (Å²) in [5.74, 6) is 0. The van der Waals surface area contributed by atoms with E-state index < -0.39 is 7.82 Å². The fraction of sp³-hybridized carbons (Fsp3) is 0.962. The third kappa shape index (κ3) is 31.3. The third-order valence-corrected chi connectivity index (χ3v) is 6.31. The molecule has 4 N–H and O–H groups in total. The quantitative estimate of drug-likeness (QED) is 0.0841. The summed E-state index contributed by atoms with van der Waals surface area (Å²) in [6.07, 6.45) is 18.8. The molecule has 0 aromatic rings. The number of unbranched alkanes of at least 4 members (excludes halogenated alkanes) is 13. The van der Waals surface area contributed by atoms with Crippen LogP contribution in [0.5, 0.6) is 0 Å². The molecule has 0 spiro atoms. The summed E-state index contributed by atoms with van der Waals surface area (Å²) in [4.78, 5) is 30.1. The molecule has 0 bridgehead atoms. The molecule has 0 aliphatic carbocycles. The van der Waals surface area contributed by atoms with Crippen molar-refractivity contribution in [3.8, 4) is 0 Å². The number of hydrogen-bond donors (Lipinski definition) is 4. The van der Waals surface area contributed by atoms with Gasteiger partial charge in [-0.1, -0.05) is 90.4 Å². The third-order valence-electron chi connectivity index (χ3n) is 5.79. The molecule has 0 aliphatic rings. The molecule has 218 valence electrons. The number of carbonyl (C=O) groups excluding carboxylic acids is 1. The standard InChI is InChI=1S/C21H44N2O2.C5H14NO4P/c1-3-5-6-7-8-9-10-11-12-13-14-15-16-17-18-23(19-20-24)21(25)22-4-2;1-6(2,3)4-5-10-11(7,8)9/h24H,3-20H2,1-2H3,(H,22,25);4-5H2,1-3H3,(H-,7,8,9)/p+1. The van der Waals surface area contributed by atoms with Crippen LogP contribution in [-0.4, -0.2) is 90.8 Å². The molecule has 0 aromatic carbocycles. The maximum absolute atomic E-state index is 11.8. The Morgan fingerprint density at radius 2 is 1.25 bits per heavy atom. The highest BCUT2D eigenvalue weighted by molar-refractivity contribution is 7.46. The lowest BCUT2D eigenvalue weighted by Gasteiger charge is -2.23. The predicted molar refractivity (Wildman–Crippen MR) is 149 cm³/mol. The number of phosphoric acid groups is 1. The Kier molecular flexibility index (Phi) is 25.6. The van der Waals surface area contributed by atoms with Crippen LogP contribution in [0.3, 0.4) is 0 Å². The van der Waals surface area contributed by atoms with Crippen molar-refractivity contribution in [1.29, 1.82) is 0 Å². The lowest BCUT2D eigenvalue weighted by atomic mass is 10.0.